The fraction of sp³-hybridized carbons (Fsp3) is 0.941. The maximum absolute atomic E-state index is 12.5. The summed E-state index contributed by atoms with van der Waals surface area (Å²) in [6, 6.07) is 0. The molecule has 116 valence electrons. The fourth-order valence-electron chi connectivity index (χ4n) is 3.80. The van der Waals surface area contributed by atoms with Crippen LogP contribution in [0.3, 0.4) is 0 Å². The molecule has 0 unspecified atom stereocenters. The normalized spacial score (nSPS) is 34.5. The van der Waals surface area contributed by atoms with Gasteiger partial charge in [-0.2, -0.15) is 0 Å². The minimum Gasteiger partial charge on any atom is -0.345 e. The lowest BCUT2D eigenvalue weighted by molar-refractivity contribution is -0.136. The molecule has 0 heterocycles. The smallest absolute Gasteiger partial charge is 0.225 e. The van der Waals surface area contributed by atoms with Crippen molar-refractivity contribution in [3.8, 4) is 0 Å². The van der Waals surface area contributed by atoms with Crippen molar-refractivity contribution in [1.29, 1.82) is 0 Å². The van der Waals surface area contributed by atoms with Crippen LogP contribution in [0.25, 0.3) is 0 Å². The van der Waals surface area contributed by atoms with Crippen molar-refractivity contribution in [2.75, 3.05) is 13.6 Å². The van der Waals surface area contributed by atoms with Crippen LogP contribution in [0.15, 0.2) is 0 Å². The van der Waals surface area contributed by atoms with Crippen molar-refractivity contribution in [1.82, 2.24) is 4.90 Å². The van der Waals surface area contributed by atoms with E-state index in [0.29, 0.717) is 22.1 Å². The number of alkyl halides is 1. The number of nitrogens with zero attached hydrogens (tertiary/aromatic N) is 1. The van der Waals surface area contributed by atoms with Crippen molar-refractivity contribution >= 4 is 21.8 Å². The highest BCUT2D eigenvalue weighted by Gasteiger charge is 2.35. The molecule has 0 aliphatic heterocycles. The second kappa shape index (κ2) is 6.37. The van der Waals surface area contributed by atoms with Gasteiger partial charge in [0.05, 0.1) is 0 Å². The average molecular weight is 344 g/mol. The largest absolute Gasteiger partial charge is 0.345 e. The molecule has 3 heteroatoms. The first-order chi connectivity index (χ1) is 9.27. The van der Waals surface area contributed by atoms with E-state index in [4.69, 9.17) is 0 Å². The summed E-state index contributed by atoms with van der Waals surface area (Å²) in [4.78, 5) is 15.2. The zero-order valence-corrected chi connectivity index (χ0v) is 15.1. The highest BCUT2D eigenvalue weighted by atomic mass is 79.9. The molecule has 0 saturated heterocycles. The van der Waals surface area contributed by atoms with E-state index in [1.807, 2.05) is 11.9 Å². The van der Waals surface area contributed by atoms with E-state index in [2.05, 4.69) is 36.7 Å². The minimum absolute atomic E-state index is 0.290. The van der Waals surface area contributed by atoms with Crippen LogP contribution in [0.2, 0.25) is 0 Å². The lowest BCUT2D eigenvalue weighted by Crippen LogP contribution is -2.41. The summed E-state index contributed by atoms with van der Waals surface area (Å²) in [5.74, 6) is 2.20. The summed E-state index contributed by atoms with van der Waals surface area (Å²) in [5, 5.41) is 0. The molecule has 2 fully saturated rings. The first-order valence-corrected chi connectivity index (χ1v) is 9.08. The molecule has 2 nitrogen and oxygen atoms in total. The van der Waals surface area contributed by atoms with E-state index in [9.17, 15) is 4.79 Å². The number of carbonyl (C=O) groups excluding carboxylic acids is 1. The van der Waals surface area contributed by atoms with Crippen molar-refractivity contribution in [2.24, 2.45) is 23.2 Å². The average Bonchev–Trinajstić information content (AvgIpc) is 2.35. The van der Waals surface area contributed by atoms with Gasteiger partial charge >= 0.3 is 0 Å². The lowest BCUT2D eigenvalue weighted by Gasteiger charge is -2.39. The van der Waals surface area contributed by atoms with Crippen molar-refractivity contribution in [3.63, 3.8) is 0 Å². The van der Waals surface area contributed by atoms with Crippen LogP contribution in [-0.2, 0) is 4.79 Å². The molecule has 0 atom stereocenters. The van der Waals surface area contributed by atoms with Crippen LogP contribution in [0.5, 0.6) is 0 Å². The molecular weight excluding hydrogens is 314 g/mol. The van der Waals surface area contributed by atoms with Crippen LogP contribution in [0.1, 0.15) is 59.3 Å². The summed E-state index contributed by atoms with van der Waals surface area (Å²) in [6.07, 6.45) is 7.10. The van der Waals surface area contributed by atoms with E-state index < -0.39 is 0 Å². The minimum atomic E-state index is 0.290. The van der Waals surface area contributed by atoms with Gasteiger partial charge in [0.25, 0.3) is 0 Å². The molecule has 2 aliphatic rings. The van der Waals surface area contributed by atoms with Gasteiger partial charge in [0.1, 0.15) is 0 Å². The van der Waals surface area contributed by atoms with Crippen molar-refractivity contribution in [3.05, 3.63) is 0 Å². The van der Waals surface area contributed by atoms with Crippen LogP contribution >= 0.6 is 15.9 Å². The van der Waals surface area contributed by atoms with E-state index >= 15 is 0 Å². The van der Waals surface area contributed by atoms with Gasteiger partial charge in [-0.15, -0.1) is 0 Å². The Hall–Kier alpha value is -0.0500. The summed E-state index contributed by atoms with van der Waals surface area (Å²) >= 11 is 3.63. The Balaban J connectivity index is 1.76. The predicted octanol–water partition coefficient (Wildman–Crippen LogP) is 4.47. The maximum atomic E-state index is 12.5. The Bertz CT molecular complexity index is 335. The fourth-order valence-corrected chi connectivity index (χ4v) is 4.86. The third-order valence-electron chi connectivity index (χ3n) is 5.39. The zero-order chi connectivity index (χ0) is 14.9. The van der Waals surface area contributed by atoms with E-state index in [-0.39, 0.29) is 0 Å². The van der Waals surface area contributed by atoms with E-state index in [1.165, 1.54) is 25.7 Å². The Labute approximate surface area is 132 Å². The number of halogens is 1. The molecule has 2 saturated carbocycles. The van der Waals surface area contributed by atoms with Crippen LogP contribution < -0.4 is 0 Å². The summed E-state index contributed by atoms with van der Waals surface area (Å²) in [5.41, 5.74) is 0.400. The second-order valence-corrected chi connectivity index (χ2v) is 9.36. The van der Waals surface area contributed by atoms with Crippen molar-refractivity contribution < 1.29 is 4.79 Å². The molecule has 0 aromatic heterocycles. The number of hydrogen-bond acceptors (Lipinski definition) is 1. The molecule has 0 radical (unpaired) electrons. The van der Waals surface area contributed by atoms with Gasteiger partial charge in [0, 0.05) is 24.3 Å². The van der Waals surface area contributed by atoms with Crippen LogP contribution in [-0.4, -0.2) is 29.2 Å². The summed E-state index contributed by atoms with van der Waals surface area (Å²) < 4.78 is 0. The highest BCUT2D eigenvalue weighted by molar-refractivity contribution is 9.09. The van der Waals surface area contributed by atoms with Gasteiger partial charge in [-0.1, -0.05) is 36.7 Å². The lowest BCUT2D eigenvalue weighted by atomic mass is 9.69. The van der Waals surface area contributed by atoms with Crippen LogP contribution in [0, 0.1) is 23.2 Å². The molecule has 20 heavy (non-hydrogen) atoms. The van der Waals surface area contributed by atoms with Gasteiger partial charge in [0.2, 0.25) is 5.91 Å². The predicted molar refractivity (Wildman–Crippen MR) is 88.0 cm³/mol. The molecule has 0 N–H and O–H groups in total. The Kier molecular flexibility index (Phi) is 5.20. The molecular formula is C17H30BrNO. The Morgan fingerprint density at radius 2 is 1.70 bits per heavy atom. The molecule has 0 aromatic carbocycles. The third kappa shape index (κ3) is 3.99. The van der Waals surface area contributed by atoms with Gasteiger partial charge in [-0.05, 0) is 55.8 Å². The van der Waals surface area contributed by atoms with Gasteiger partial charge in [-0.25, -0.2) is 0 Å². The molecule has 1 amide bonds. The zero-order valence-electron chi connectivity index (χ0n) is 13.5. The molecule has 2 aliphatic carbocycles. The second-order valence-electron chi connectivity index (χ2n) is 8.07. The third-order valence-corrected chi connectivity index (χ3v) is 6.14. The number of rotatable bonds is 3. The first kappa shape index (κ1) is 16.3. The van der Waals surface area contributed by atoms with Gasteiger partial charge < -0.3 is 4.90 Å². The standard InChI is InChI=1S/C17H30BrNO/c1-17(2,3)14-7-5-13(6-8-14)16(20)19(4)11-12-9-15(18)10-12/h12-15H,5-11H2,1-4H3. The molecule has 0 bridgehead atoms. The molecule has 0 spiro atoms. The van der Waals surface area contributed by atoms with Crippen LogP contribution in [0.4, 0.5) is 0 Å². The van der Waals surface area contributed by atoms with E-state index in [0.717, 1.165) is 31.2 Å². The molecule has 0 aromatic rings. The first-order valence-electron chi connectivity index (χ1n) is 8.16. The van der Waals surface area contributed by atoms with Gasteiger partial charge in [0.15, 0.2) is 0 Å². The van der Waals surface area contributed by atoms with E-state index in [1.54, 1.807) is 0 Å². The molecule has 2 rings (SSSR count). The number of carbonyl (C=O) groups is 1. The quantitative estimate of drug-likeness (QED) is 0.692. The van der Waals surface area contributed by atoms with Crippen molar-refractivity contribution in [2.45, 2.75) is 64.1 Å². The SMILES string of the molecule is CN(CC1CC(Br)C1)C(=O)C1CCC(C(C)(C)C)CC1. The summed E-state index contributed by atoms with van der Waals surface area (Å²) in [7, 11) is 2.00. The maximum Gasteiger partial charge on any atom is 0.225 e. The summed E-state index contributed by atoms with van der Waals surface area (Å²) in [6.45, 7) is 7.96. The number of hydrogen-bond donors (Lipinski definition) is 0. The Morgan fingerprint density at radius 1 is 1.15 bits per heavy atom. The topological polar surface area (TPSA) is 20.3 Å². The highest BCUT2D eigenvalue weighted by Crippen LogP contribution is 2.40. The Morgan fingerprint density at radius 3 is 2.15 bits per heavy atom. The number of amides is 1. The van der Waals surface area contributed by atoms with Gasteiger partial charge in [-0.3, -0.25) is 4.79 Å². The monoisotopic (exact) mass is 343 g/mol.